The van der Waals surface area contributed by atoms with E-state index in [1.165, 1.54) is 6.42 Å². The summed E-state index contributed by atoms with van der Waals surface area (Å²) >= 11 is 0. The molecule has 0 bridgehead atoms. The van der Waals surface area contributed by atoms with Crippen molar-refractivity contribution < 1.29 is 9.59 Å². The lowest BCUT2D eigenvalue weighted by Crippen LogP contribution is -2.41. The number of carbonyl (C=O) groups excluding carboxylic acids is 2. The molecule has 1 heterocycles. The molecule has 0 N–H and O–H groups in total. The van der Waals surface area contributed by atoms with Crippen LogP contribution in [0.3, 0.4) is 0 Å². The number of hydrogen-bond donors (Lipinski definition) is 0. The van der Waals surface area contributed by atoms with Crippen molar-refractivity contribution in [3.8, 4) is 0 Å². The first-order valence-corrected chi connectivity index (χ1v) is 8.48. The Hall–Kier alpha value is -0.860. The number of likely N-dealkylation sites (tertiary alicyclic amines) is 1. The van der Waals surface area contributed by atoms with Gasteiger partial charge in [0.2, 0.25) is 5.91 Å². The Balaban J connectivity index is 2.64. The van der Waals surface area contributed by atoms with E-state index in [9.17, 15) is 9.59 Å². The highest BCUT2D eigenvalue weighted by Gasteiger charge is 2.28. The third kappa shape index (κ3) is 7.10. The van der Waals surface area contributed by atoms with Crippen LogP contribution in [0.15, 0.2) is 0 Å². The van der Waals surface area contributed by atoms with E-state index in [-0.39, 0.29) is 23.1 Å². The molecule has 122 valence electrons. The summed E-state index contributed by atoms with van der Waals surface area (Å²) < 4.78 is 0. The van der Waals surface area contributed by atoms with E-state index in [2.05, 4.69) is 27.7 Å². The number of nitrogens with zero attached hydrogens (tertiary/aromatic N) is 1. The average molecular weight is 295 g/mol. The number of rotatable bonds is 5. The van der Waals surface area contributed by atoms with Gasteiger partial charge < -0.3 is 4.90 Å². The normalized spacial score (nSPS) is 21.8. The van der Waals surface area contributed by atoms with Gasteiger partial charge in [-0.1, -0.05) is 40.5 Å². The van der Waals surface area contributed by atoms with Crippen LogP contribution in [0.2, 0.25) is 0 Å². The maximum Gasteiger partial charge on any atom is 0.223 e. The van der Waals surface area contributed by atoms with Crippen molar-refractivity contribution in [3.63, 3.8) is 0 Å². The summed E-state index contributed by atoms with van der Waals surface area (Å²) in [5, 5.41) is 0. The Bertz CT molecular complexity index is 357. The van der Waals surface area contributed by atoms with E-state index < -0.39 is 0 Å². The lowest BCUT2D eigenvalue weighted by molar-refractivity contribution is -0.135. The molecule has 1 aliphatic heterocycles. The fraction of sp³-hybridized carbons (Fsp3) is 0.889. The largest absolute Gasteiger partial charge is 0.339 e. The molecule has 1 saturated heterocycles. The van der Waals surface area contributed by atoms with Crippen LogP contribution in [0.5, 0.6) is 0 Å². The molecule has 1 fully saturated rings. The molecule has 0 aromatic heterocycles. The topological polar surface area (TPSA) is 37.4 Å². The number of ketones is 1. The highest BCUT2D eigenvalue weighted by atomic mass is 16.2. The molecule has 0 saturated carbocycles. The van der Waals surface area contributed by atoms with Gasteiger partial charge in [0, 0.05) is 25.4 Å². The Morgan fingerprint density at radius 1 is 1.19 bits per heavy atom. The molecule has 0 aromatic rings. The Labute approximate surface area is 130 Å². The van der Waals surface area contributed by atoms with Crippen LogP contribution < -0.4 is 0 Å². The molecule has 2 unspecified atom stereocenters. The maximum atomic E-state index is 12.7. The fourth-order valence-corrected chi connectivity index (χ4v) is 3.58. The van der Waals surface area contributed by atoms with Crippen LogP contribution in [0.4, 0.5) is 0 Å². The zero-order valence-corrected chi connectivity index (χ0v) is 14.6. The highest BCUT2D eigenvalue weighted by Crippen LogP contribution is 2.28. The van der Waals surface area contributed by atoms with Crippen LogP contribution >= 0.6 is 0 Å². The second-order valence-corrected chi connectivity index (χ2v) is 8.07. The Morgan fingerprint density at radius 2 is 1.86 bits per heavy atom. The van der Waals surface area contributed by atoms with E-state index >= 15 is 0 Å². The molecule has 1 amide bonds. The summed E-state index contributed by atoms with van der Waals surface area (Å²) in [4.78, 5) is 26.1. The summed E-state index contributed by atoms with van der Waals surface area (Å²) in [5.74, 6) is 0.848. The third-order valence-corrected chi connectivity index (χ3v) is 4.20. The fourth-order valence-electron chi connectivity index (χ4n) is 3.58. The molecule has 0 radical (unpaired) electrons. The lowest BCUT2D eigenvalue weighted by atomic mass is 9.84. The van der Waals surface area contributed by atoms with Crippen LogP contribution in [-0.4, -0.2) is 29.2 Å². The molecular formula is C18H33NO2. The number of hydrogen-bond acceptors (Lipinski definition) is 2. The van der Waals surface area contributed by atoms with Crippen molar-refractivity contribution >= 4 is 11.7 Å². The maximum absolute atomic E-state index is 12.7. The van der Waals surface area contributed by atoms with Crippen molar-refractivity contribution in [1.82, 2.24) is 4.90 Å². The van der Waals surface area contributed by atoms with Gasteiger partial charge in [-0.05, 0) is 37.5 Å². The summed E-state index contributed by atoms with van der Waals surface area (Å²) in [6.07, 6.45) is 6.58. The van der Waals surface area contributed by atoms with Gasteiger partial charge in [-0.3, -0.25) is 9.59 Å². The van der Waals surface area contributed by atoms with Gasteiger partial charge in [0.1, 0.15) is 5.78 Å². The highest BCUT2D eigenvalue weighted by molar-refractivity contribution is 5.79. The molecule has 21 heavy (non-hydrogen) atoms. The van der Waals surface area contributed by atoms with Crippen molar-refractivity contribution in [2.75, 3.05) is 6.54 Å². The molecule has 2 atom stereocenters. The van der Waals surface area contributed by atoms with Gasteiger partial charge in [0.15, 0.2) is 0 Å². The number of carbonyl (C=O) groups is 2. The van der Waals surface area contributed by atoms with Crippen LogP contribution in [0.25, 0.3) is 0 Å². The molecule has 0 spiro atoms. The van der Waals surface area contributed by atoms with Crippen LogP contribution in [0, 0.1) is 11.3 Å². The van der Waals surface area contributed by atoms with Gasteiger partial charge in [-0.25, -0.2) is 0 Å². The van der Waals surface area contributed by atoms with Gasteiger partial charge in [-0.15, -0.1) is 0 Å². The smallest absolute Gasteiger partial charge is 0.223 e. The molecule has 1 aliphatic rings. The Morgan fingerprint density at radius 3 is 2.43 bits per heavy atom. The van der Waals surface area contributed by atoms with Crippen molar-refractivity contribution in [2.45, 2.75) is 85.6 Å². The summed E-state index contributed by atoms with van der Waals surface area (Å²) in [7, 11) is 0. The van der Waals surface area contributed by atoms with Gasteiger partial charge >= 0.3 is 0 Å². The molecule has 0 aromatic carbocycles. The van der Waals surface area contributed by atoms with Crippen LogP contribution in [0.1, 0.15) is 79.6 Å². The predicted octanol–water partition coefficient (Wildman–Crippen LogP) is 4.20. The SMILES string of the molecule is CC(=O)CC1CCCCCN1C(=O)CC(C)CC(C)(C)C. The summed E-state index contributed by atoms with van der Waals surface area (Å²) in [5.41, 5.74) is 0.261. The first-order chi connectivity index (χ1) is 9.69. The van der Waals surface area contributed by atoms with Gasteiger partial charge in [0.25, 0.3) is 0 Å². The monoisotopic (exact) mass is 295 g/mol. The lowest BCUT2D eigenvalue weighted by Gasteiger charge is -2.31. The van der Waals surface area contributed by atoms with Gasteiger partial charge in [-0.2, -0.15) is 0 Å². The van der Waals surface area contributed by atoms with Gasteiger partial charge in [0.05, 0.1) is 0 Å². The minimum absolute atomic E-state index is 0.138. The summed E-state index contributed by atoms with van der Waals surface area (Å²) in [6.45, 7) is 11.3. The minimum atomic E-state index is 0.138. The minimum Gasteiger partial charge on any atom is -0.339 e. The predicted molar refractivity (Wildman–Crippen MR) is 87.1 cm³/mol. The zero-order chi connectivity index (χ0) is 16.0. The first-order valence-electron chi connectivity index (χ1n) is 8.48. The van der Waals surface area contributed by atoms with Crippen molar-refractivity contribution in [3.05, 3.63) is 0 Å². The van der Waals surface area contributed by atoms with E-state index in [0.717, 1.165) is 32.2 Å². The van der Waals surface area contributed by atoms with E-state index in [4.69, 9.17) is 0 Å². The molecule has 0 aliphatic carbocycles. The second-order valence-electron chi connectivity index (χ2n) is 8.07. The first kappa shape index (κ1) is 18.2. The van der Waals surface area contributed by atoms with E-state index in [1.807, 2.05) is 4.90 Å². The van der Waals surface area contributed by atoms with Crippen LogP contribution in [-0.2, 0) is 9.59 Å². The quantitative estimate of drug-likeness (QED) is 0.762. The number of Topliss-reactive ketones (excluding diaryl/α,β-unsaturated/α-hetero) is 1. The average Bonchev–Trinajstić information content (AvgIpc) is 2.50. The van der Waals surface area contributed by atoms with Crippen molar-refractivity contribution in [1.29, 1.82) is 0 Å². The molecule has 3 heteroatoms. The summed E-state index contributed by atoms with van der Waals surface area (Å²) in [6, 6.07) is 0.138. The van der Waals surface area contributed by atoms with E-state index in [1.54, 1.807) is 6.92 Å². The zero-order valence-electron chi connectivity index (χ0n) is 14.6. The molecule has 1 rings (SSSR count). The number of amides is 1. The van der Waals surface area contributed by atoms with Crippen molar-refractivity contribution in [2.24, 2.45) is 11.3 Å². The second kappa shape index (κ2) is 7.95. The molecular weight excluding hydrogens is 262 g/mol. The third-order valence-electron chi connectivity index (χ3n) is 4.20. The molecule has 3 nitrogen and oxygen atoms in total. The Kier molecular flexibility index (Phi) is 6.89. The van der Waals surface area contributed by atoms with E-state index in [0.29, 0.717) is 18.8 Å². The standard InChI is InChI=1S/C18H33NO2/c1-14(13-18(3,4)5)11-17(21)19-10-8-6-7-9-16(19)12-15(2)20/h14,16H,6-13H2,1-5H3.